The van der Waals surface area contributed by atoms with Crippen LogP contribution in [-0.4, -0.2) is 29.3 Å². The van der Waals surface area contributed by atoms with Crippen molar-refractivity contribution in [3.05, 3.63) is 41.1 Å². The maximum Gasteiger partial charge on any atom is 0.256 e. The molecule has 5 nitrogen and oxygen atoms in total. The molecule has 6 heteroatoms. The number of aliphatic hydroxyl groups is 1. The van der Waals surface area contributed by atoms with Gasteiger partial charge in [-0.2, -0.15) is 0 Å². The summed E-state index contributed by atoms with van der Waals surface area (Å²) in [4.78, 5) is 12.4. The zero-order valence-electron chi connectivity index (χ0n) is 13.1. The van der Waals surface area contributed by atoms with Crippen molar-refractivity contribution in [1.82, 2.24) is 10.5 Å². The molecule has 1 amide bonds. The van der Waals surface area contributed by atoms with Crippen LogP contribution in [0.15, 0.2) is 35.1 Å². The standard InChI is InChI=1S/C17H21ClN2O3/c1-2-3-12(8-9-21)10-19-17(22)15-11-23-20-16(15)13-4-6-14(18)7-5-13/h4-7,11-12,21H,2-3,8-10H2,1H3,(H,19,22). The van der Waals surface area contributed by atoms with Crippen molar-refractivity contribution in [2.75, 3.05) is 13.2 Å². The molecule has 2 rings (SSSR count). The Morgan fingerprint density at radius 2 is 2.09 bits per heavy atom. The van der Waals surface area contributed by atoms with Gasteiger partial charge in [-0.05, 0) is 30.9 Å². The molecule has 2 N–H and O–H groups in total. The molecule has 1 aromatic carbocycles. The zero-order chi connectivity index (χ0) is 16.7. The quantitative estimate of drug-likeness (QED) is 0.773. The van der Waals surface area contributed by atoms with Gasteiger partial charge in [0.2, 0.25) is 0 Å². The summed E-state index contributed by atoms with van der Waals surface area (Å²) >= 11 is 5.88. The largest absolute Gasteiger partial charge is 0.396 e. The summed E-state index contributed by atoms with van der Waals surface area (Å²) in [7, 11) is 0. The fraction of sp³-hybridized carbons (Fsp3) is 0.412. The summed E-state index contributed by atoms with van der Waals surface area (Å²) in [6.07, 6.45) is 4.01. The molecular weight excluding hydrogens is 316 g/mol. The molecule has 0 saturated heterocycles. The number of carbonyl (C=O) groups is 1. The van der Waals surface area contributed by atoms with Gasteiger partial charge in [0.05, 0.1) is 0 Å². The van der Waals surface area contributed by atoms with Crippen molar-refractivity contribution in [3.63, 3.8) is 0 Å². The lowest BCUT2D eigenvalue weighted by molar-refractivity contribution is 0.0943. The van der Waals surface area contributed by atoms with Crippen LogP contribution in [0.25, 0.3) is 11.3 Å². The summed E-state index contributed by atoms with van der Waals surface area (Å²) in [5, 5.41) is 16.5. The Morgan fingerprint density at radius 3 is 2.74 bits per heavy atom. The van der Waals surface area contributed by atoms with Gasteiger partial charge in [-0.15, -0.1) is 0 Å². The topological polar surface area (TPSA) is 75.4 Å². The van der Waals surface area contributed by atoms with E-state index in [2.05, 4.69) is 17.4 Å². The molecule has 0 aliphatic rings. The van der Waals surface area contributed by atoms with E-state index >= 15 is 0 Å². The predicted molar refractivity (Wildman–Crippen MR) is 89.4 cm³/mol. The molecule has 0 bridgehead atoms. The third-order valence-electron chi connectivity index (χ3n) is 3.72. The van der Waals surface area contributed by atoms with Crippen LogP contribution < -0.4 is 5.32 Å². The van der Waals surface area contributed by atoms with Gasteiger partial charge in [0.25, 0.3) is 5.91 Å². The van der Waals surface area contributed by atoms with Crippen molar-refractivity contribution in [2.45, 2.75) is 26.2 Å². The molecule has 0 radical (unpaired) electrons. The molecule has 0 aliphatic carbocycles. The average molecular weight is 337 g/mol. The highest BCUT2D eigenvalue weighted by atomic mass is 35.5. The van der Waals surface area contributed by atoms with E-state index in [1.54, 1.807) is 24.3 Å². The third kappa shape index (κ3) is 4.81. The summed E-state index contributed by atoms with van der Waals surface area (Å²) in [6, 6.07) is 7.07. The Bertz CT molecular complexity index is 619. The van der Waals surface area contributed by atoms with Crippen molar-refractivity contribution in [2.24, 2.45) is 5.92 Å². The van der Waals surface area contributed by atoms with Gasteiger partial charge in [0.1, 0.15) is 17.5 Å². The monoisotopic (exact) mass is 336 g/mol. The van der Waals surface area contributed by atoms with Crippen LogP contribution in [0.1, 0.15) is 36.5 Å². The maximum absolute atomic E-state index is 12.4. The molecule has 1 atom stereocenters. The first-order valence-electron chi connectivity index (χ1n) is 7.75. The van der Waals surface area contributed by atoms with E-state index in [0.717, 1.165) is 18.4 Å². The molecule has 23 heavy (non-hydrogen) atoms. The zero-order valence-corrected chi connectivity index (χ0v) is 13.8. The SMILES string of the molecule is CCCC(CCO)CNC(=O)c1conc1-c1ccc(Cl)cc1. The van der Waals surface area contributed by atoms with Crippen LogP contribution in [0.4, 0.5) is 0 Å². The highest BCUT2D eigenvalue weighted by Gasteiger charge is 2.18. The molecule has 0 spiro atoms. The van der Waals surface area contributed by atoms with Gasteiger partial charge < -0.3 is 14.9 Å². The van der Waals surface area contributed by atoms with E-state index in [9.17, 15) is 4.79 Å². The number of carbonyl (C=O) groups excluding carboxylic acids is 1. The average Bonchev–Trinajstić information content (AvgIpc) is 3.03. The lowest BCUT2D eigenvalue weighted by atomic mass is 10.00. The van der Waals surface area contributed by atoms with Gasteiger partial charge in [-0.3, -0.25) is 4.79 Å². The summed E-state index contributed by atoms with van der Waals surface area (Å²) < 4.78 is 4.97. The summed E-state index contributed by atoms with van der Waals surface area (Å²) in [5.41, 5.74) is 1.66. The molecule has 2 aromatic rings. The third-order valence-corrected chi connectivity index (χ3v) is 3.97. The molecule has 0 aliphatic heterocycles. The number of aromatic nitrogens is 1. The second-order valence-electron chi connectivity index (χ2n) is 5.46. The number of hydrogen-bond donors (Lipinski definition) is 2. The Hall–Kier alpha value is -1.85. The Kier molecular flexibility index (Phi) is 6.62. The van der Waals surface area contributed by atoms with Gasteiger partial charge in [0.15, 0.2) is 0 Å². The number of hydrogen-bond acceptors (Lipinski definition) is 4. The number of aliphatic hydroxyl groups excluding tert-OH is 1. The van der Waals surface area contributed by atoms with Crippen molar-refractivity contribution in [1.29, 1.82) is 0 Å². The molecule has 1 heterocycles. The van der Waals surface area contributed by atoms with Crippen LogP contribution in [0, 0.1) is 5.92 Å². The predicted octanol–water partition coefficient (Wildman–Crippen LogP) is 3.52. The Morgan fingerprint density at radius 1 is 1.35 bits per heavy atom. The van der Waals surface area contributed by atoms with Gasteiger partial charge >= 0.3 is 0 Å². The van der Waals surface area contributed by atoms with E-state index in [-0.39, 0.29) is 18.4 Å². The number of halogens is 1. The molecule has 0 saturated carbocycles. The number of nitrogens with zero attached hydrogens (tertiary/aromatic N) is 1. The van der Waals surface area contributed by atoms with E-state index in [0.29, 0.717) is 29.2 Å². The second kappa shape index (κ2) is 8.70. The molecule has 0 fully saturated rings. The molecule has 124 valence electrons. The second-order valence-corrected chi connectivity index (χ2v) is 5.90. The lowest BCUT2D eigenvalue weighted by Crippen LogP contribution is -2.29. The molecular formula is C17H21ClN2O3. The fourth-order valence-corrected chi connectivity index (χ4v) is 2.61. The first-order valence-corrected chi connectivity index (χ1v) is 8.12. The fourth-order valence-electron chi connectivity index (χ4n) is 2.49. The number of rotatable bonds is 8. The smallest absolute Gasteiger partial charge is 0.256 e. The Balaban J connectivity index is 2.06. The van der Waals surface area contributed by atoms with E-state index in [1.165, 1.54) is 6.26 Å². The molecule has 1 aromatic heterocycles. The van der Waals surface area contributed by atoms with Crippen LogP contribution in [0.2, 0.25) is 5.02 Å². The van der Waals surface area contributed by atoms with Crippen LogP contribution in [0.5, 0.6) is 0 Å². The Labute approximate surface area is 140 Å². The van der Waals surface area contributed by atoms with Crippen LogP contribution >= 0.6 is 11.6 Å². The summed E-state index contributed by atoms with van der Waals surface area (Å²) in [5.74, 6) is 0.0445. The highest BCUT2D eigenvalue weighted by Crippen LogP contribution is 2.24. The lowest BCUT2D eigenvalue weighted by Gasteiger charge is -2.15. The van der Waals surface area contributed by atoms with Gasteiger partial charge in [0, 0.05) is 23.7 Å². The van der Waals surface area contributed by atoms with E-state index in [1.807, 2.05) is 0 Å². The minimum Gasteiger partial charge on any atom is -0.396 e. The first-order chi connectivity index (χ1) is 11.2. The summed E-state index contributed by atoms with van der Waals surface area (Å²) in [6.45, 7) is 2.74. The minimum atomic E-state index is -0.227. The van der Waals surface area contributed by atoms with E-state index in [4.69, 9.17) is 21.2 Å². The first kappa shape index (κ1) is 17.5. The molecule has 1 unspecified atom stereocenters. The van der Waals surface area contributed by atoms with Crippen molar-refractivity contribution >= 4 is 17.5 Å². The van der Waals surface area contributed by atoms with Crippen molar-refractivity contribution < 1.29 is 14.4 Å². The van der Waals surface area contributed by atoms with Gasteiger partial charge in [-0.1, -0.05) is 42.2 Å². The number of amides is 1. The maximum atomic E-state index is 12.4. The van der Waals surface area contributed by atoms with Crippen molar-refractivity contribution in [3.8, 4) is 11.3 Å². The van der Waals surface area contributed by atoms with Gasteiger partial charge in [-0.25, -0.2) is 0 Å². The highest BCUT2D eigenvalue weighted by molar-refractivity contribution is 6.30. The van der Waals surface area contributed by atoms with E-state index < -0.39 is 0 Å². The minimum absolute atomic E-state index is 0.129. The van der Waals surface area contributed by atoms with Crippen LogP contribution in [0.3, 0.4) is 0 Å². The number of nitrogens with one attached hydrogen (secondary N) is 1. The normalized spacial score (nSPS) is 12.1. The van der Waals surface area contributed by atoms with Crippen LogP contribution in [-0.2, 0) is 0 Å². The number of benzene rings is 1.